The van der Waals surface area contributed by atoms with E-state index in [1.807, 2.05) is 32.9 Å². The average molecular weight is 748 g/mol. The maximum absolute atomic E-state index is 14.4. The molecule has 3 aromatic heterocycles. The number of nitrogens with one attached hydrogen (secondary N) is 1. The molecule has 4 aromatic rings. The third-order valence-corrected chi connectivity index (χ3v) is 11.4. The summed E-state index contributed by atoms with van der Waals surface area (Å²) in [7, 11) is 1.72. The van der Waals surface area contributed by atoms with Crippen molar-refractivity contribution in [2.75, 3.05) is 12.4 Å². The third-order valence-electron chi connectivity index (χ3n) is 11.4. The van der Waals surface area contributed by atoms with Gasteiger partial charge in [0.05, 0.1) is 11.1 Å². The van der Waals surface area contributed by atoms with E-state index in [0.29, 0.717) is 29.6 Å². The van der Waals surface area contributed by atoms with E-state index in [0.717, 1.165) is 54.9 Å². The van der Waals surface area contributed by atoms with E-state index in [-0.39, 0.29) is 52.7 Å². The van der Waals surface area contributed by atoms with Crippen molar-refractivity contribution >= 4 is 34.3 Å². The third kappa shape index (κ3) is 7.89. The molecule has 2 aliphatic rings. The summed E-state index contributed by atoms with van der Waals surface area (Å²) in [5, 5.41) is 7.84. The molecule has 1 aliphatic heterocycles. The Morgan fingerprint density at radius 3 is 2.41 bits per heavy atom. The van der Waals surface area contributed by atoms with Crippen molar-refractivity contribution in [3.8, 4) is 11.1 Å². The molecule has 11 nitrogen and oxygen atoms in total. The van der Waals surface area contributed by atoms with E-state index < -0.39 is 23.8 Å². The fourth-order valence-corrected chi connectivity index (χ4v) is 7.97. The van der Waals surface area contributed by atoms with E-state index in [9.17, 15) is 27.6 Å². The number of Topliss-reactive ketones (excluding diaryl/α,β-unsaturated/α-hetero) is 1. The number of ketones is 1. The van der Waals surface area contributed by atoms with Gasteiger partial charge in [0.1, 0.15) is 35.6 Å². The maximum atomic E-state index is 14.4. The number of pyridine rings is 1. The van der Waals surface area contributed by atoms with Crippen LogP contribution in [0.4, 0.5) is 19.0 Å². The summed E-state index contributed by atoms with van der Waals surface area (Å²) in [5.41, 5.74) is 1.80. The van der Waals surface area contributed by atoms with Gasteiger partial charge in [0.2, 0.25) is 11.8 Å². The predicted molar refractivity (Wildman–Crippen MR) is 198 cm³/mol. The normalized spacial score (nSPS) is 21.0. The minimum Gasteiger partial charge on any atom is -0.379 e. The molecular formula is C40H48F3N7O4. The highest BCUT2D eigenvalue weighted by molar-refractivity contribution is 6.07. The molecule has 0 radical (unpaired) electrons. The molecule has 0 bridgehead atoms. The van der Waals surface area contributed by atoms with Crippen LogP contribution in [0.15, 0.2) is 42.7 Å². The molecule has 1 aromatic carbocycles. The highest BCUT2D eigenvalue weighted by Crippen LogP contribution is 2.64. The largest absolute Gasteiger partial charge is 0.433 e. The van der Waals surface area contributed by atoms with Crippen LogP contribution in [0.5, 0.6) is 0 Å². The first-order chi connectivity index (χ1) is 25.4. The number of carbonyl (C=O) groups is 3. The van der Waals surface area contributed by atoms with Crippen molar-refractivity contribution in [3.63, 3.8) is 0 Å². The first-order valence-electron chi connectivity index (χ1n) is 18.5. The number of hydrogen-bond acceptors (Lipinski definition) is 8. The minimum atomic E-state index is -4.68. The highest BCUT2D eigenvalue weighted by Gasteiger charge is 2.70. The molecule has 1 saturated heterocycles. The Morgan fingerprint density at radius 2 is 1.74 bits per heavy atom. The molecule has 288 valence electrons. The van der Waals surface area contributed by atoms with E-state index >= 15 is 0 Å². The lowest BCUT2D eigenvalue weighted by atomic mass is 9.96. The number of piperidine rings is 1. The van der Waals surface area contributed by atoms with Crippen molar-refractivity contribution in [3.05, 3.63) is 65.5 Å². The number of methoxy groups -OCH3 is 1. The summed E-state index contributed by atoms with van der Waals surface area (Å²) in [6, 6.07) is 6.07. The Bertz CT molecular complexity index is 2060. The number of benzene rings is 1. The van der Waals surface area contributed by atoms with Gasteiger partial charge in [0.15, 0.2) is 5.78 Å². The second-order valence-electron chi connectivity index (χ2n) is 15.6. The van der Waals surface area contributed by atoms with E-state index in [1.54, 1.807) is 29.1 Å². The van der Waals surface area contributed by atoms with Gasteiger partial charge >= 0.3 is 6.18 Å². The van der Waals surface area contributed by atoms with E-state index in [4.69, 9.17) is 9.84 Å². The van der Waals surface area contributed by atoms with Crippen LogP contribution in [0.2, 0.25) is 0 Å². The maximum Gasteiger partial charge on any atom is 0.433 e. The van der Waals surface area contributed by atoms with Crippen molar-refractivity contribution in [1.82, 2.24) is 29.6 Å². The Hall–Kier alpha value is -4.72. The van der Waals surface area contributed by atoms with Gasteiger partial charge in [-0.1, -0.05) is 39.2 Å². The van der Waals surface area contributed by atoms with Crippen LogP contribution in [0.25, 0.3) is 22.0 Å². The zero-order valence-corrected chi connectivity index (χ0v) is 31.9. The Balaban J connectivity index is 1.31. The number of fused-ring (bicyclic) bond motifs is 2. The standard InChI is InChI=1S/C40H48F3N7O4/c1-23-36-39(23,6)19-30(37(53)47-32-15-12-14-31(46-32)40(41,42)43)50(36)33(52)22-49-35-26(13-10-8-9-11-16-38(4,5)54-7)17-27(28-20-44-25(3)45-21-28)18-29(35)34(48-49)24(2)51/h12,14-15,17-18,20-21,23,30,36H,8-11,13,16,19,22H2,1-7H3,(H,46,47,53)/t23-,30-,36?,39-/m0/s1. The number of nitrogens with zero attached hydrogens (tertiary/aromatic N) is 6. The molecule has 2 fully saturated rings. The van der Waals surface area contributed by atoms with E-state index in [2.05, 4.69) is 34.1 Å². The molecule has 54 heavy (non-hydrogen) atoms. The summed E-state index contributed by atoms with van der Waals surface area (Å²) in [6.45, 7) is 11.2. The second-order valence-corrected chi connectivity index (χ2v) is 15.6. The second kappa shape index (κ2) is 14.8. The zero-order chi connectivity index (χ0) is 39.2. The number of ether oxygens (including phenoxy) is 1. The topological polar surface area (TPSA) is 132 Å². The number of carbonyl (C=O) groups excluding carboxylic acids is 3. The number of unbranched alkanes of at least 4 members (excludes halogenated alkanes) is 3. The highest BCUT2D eigenvalue weighted by atomic mass is 19.4. The summed E-state index contributed by atoms with van der Waals surface area (Å²) >= 11 is 0. The average Bonchev–Trinajstić information content (AvgIpc) is 3.37. The lowest BCUT2D eigenvalue weighted by molar-refractivity contribution is -0.141. The molecule has 14 heteroatoms. The molecule has 2 amide bonds. The summed E-state index contributed by atoms with van der Waals surface area (Å²) in [5.74, 6) is -0.729. The van der Waals surface area contributed by atoms with E-state index in [1.165, 1.54) is 19.1 Å². The molecule has 1 aliphatic carbocycles. The fraction of sp³-hybridized carbons (Fsp3) is 0.525. The monoisotopic (exact) mass is 747 g/mol. The molecule has 0 spiro atoms. The van der Waals surface area contributed by atoms with Crippen LogP contribution in [-0.2, 0) is 33.5 Å². The van der Waals surface area contributed by atoms with Gasteiger partial charge < -0.3 is 15.0 Å². The Labute approximate surface area is 313 Å². The summed E-state index contributed by atoms with van der Waals surface area (Å²) in [6.07, 6.45) is 4.63. The molecule has 6 rings (SSSR count). The Morgan fingerprint density at radius 1 is 1.04 bits per heavy atom. The van der Waals surface area contributed by atoms with Gasteiger partial charge in [-0.2, -0.15) is 18.3 Å². The predicted octanol–water partition coefficient (Wildman–Crippen LogP) is 7.60. The number of alkyl halides is 3. The molecule has 1 N–H and O–H groups in total. The first-order valence-corrected chi connectivity index (χ1v) is 18.5. The zero-order valence-electron chi connectivity index (χ0n) is 31.9. The molecule has 4 heterocycles. The van der Waals surface area contributed by atoms with Crippen LogP contribution in [0.1, 0.15) is 101 Å². The van der Waals surface area contributed by atoms with Gasteiger partial charge in [-0.05, 0) is 93.2 Å². The van der Waals surface area contributed by atoms with Crippen LogP contribution in [-0.4, -0.2) is 72.0 Å². The SMILES string of the molecule is COC(C)(C)CCCCCCc1cc(-c2cnc(C)nc2)cc2c(C(C)=O)nn(CC(=O)N3C4[C@H](C)[C@]4(C)C[C@H]3C(=O)Nc3cccc(C(F)(F)F)n3)c12. The number of hydrogen-bond donors (Lipinski definition) is 1. The van der Waals surface area contributed by atoms with Gasteiger partial charge in [0.25, 0.3) is 0 Å². The van der Waals surface area contributed by atoms with Crippen LogP contribution in [0, 0.1) is 18.3 Å². The smallest absolute Gasteiger partial charge is 0.379 e. The number of halogens is 3. The minimum absolute atomic E-state index is 0.114. The van der Waals surface area contributed by atoms with Crippen LogP contribution in [0.3, 0.4) is 0 Å². The molecule has 4 atom stereocenters. The van der Waals surface area contributed by atoms with Crippen LogP contribution >= 0.6 is 0 Å². The molecule has 1 unspecified atom stereocenters. The van der Waals surface area contributed by atoms with Gasteiger partial charge in [-0.15, -0.1) is 0 Å². The quantitative estimate of drug-likeness (QED) is 0.103. The number of amides is 2. The Kier molecular flexibility index (Phi) is 10.7. The van der Waals surface area contributed by atoms with Crippen molar-refractivity contribution in [2.24, 2.45) is 11.3 Å². The fourth-order valence-electron chi connectivity index (χ4n) is 7.97. The summed E-state index contributed by atoms with van der Waals surface area (Å²) in [4.78, 5) is 55.0. The summed E-state index contributed by atoms with van der Waals surface area (Å²) < 4.78 is 47.2. The van der Waals surface area contributed by atoms with Crippen molar-refractivity contribution in [2.45, 2.75) is 117 Å². The van der Waals surface area contributed by atoms with Gasteiger partial charge in [0, 0.05) is 43.4 Å². The van der Waals surface area contributed by atoms with Gasteiger partial charge in [-0.25, -0.2) is 15.0 Å². The lowest BCUT2D eigenvalue weighted by Crippen LogP contribution is -2.47. The lowest BCUT2D eigenvalue weighted by Gasteiger charge is -2.28. The van der Waals surface area contributed by atoms with Crippen molar-refractivity contribution < 1.29 is 32.3 Å². The number of likely N-dealkylation sites (tertiary alicyclic amines) is 1. The molecular weight excluding hydrogens is 699 g/mol. The number of aryl methyl sites for hydroxylation is 2. The number of aromatic nitrogens is 5. The van der Waals surface area contributed by atoms with Crippen molar-refractivity contribution in [1.29, 1.82) is 0 Å². The number of anilines is 1. The first kappa shape index (κ1) is 39.0. The number of rotatable bonds is 14. The van der Waals surface area contributed by atoms with Crippen LogP contribution < -0.4 is 5.32 Å². The van der Waals surface area contributed by atoms with Gasteiger partial charge in [-0.3, -0.25) is 19.1 Å². The molecule has 1 saturated carbocycles.